The first kappa shape index (κ1) is 11.9. The van der Waals surface area contributed by atoms with Gasteiger partial charge in [0.25, 0.3) is 0 Å². The van der Waals surface area contributed by atoms with Crippen molar-refractivity contribution in [3.05, 3.63) is 10.1 Å². The Labute approximate surface area is 76.9 Å². The van der Waals surface area contributed by atoms with Gasteiger partial charge in [-0.05, 0) is 6.42 Å². The molecule has 0 radical (unpaired) electrons. The Balaban J connectivity index is 4.26. The van der Waals surface area contributed by atoms with E-state index in [1.165, 1.54) is 0 Å². The molecule has 0 aromatic rings. The fraction of sp³-hybridized carbons (Fsp3) is 0.875. The van der Waals surface area contributed by atoms with Crippen molar-refractivity contribution in [3.63, 3.8) is 0 Å². The van der Waals surface area contributed by atoms with Gasteiger partial charge in [0.1, 0.15) is 0 Å². The number of rotatable bonds is 6. The van der Waals surface area contributed by atoms with Crippen LogP contribution in [0.2, 0.25) is 0 Å². The minimum Gasteiger partial charge on any atom is -0.476 e. The lowest BCUT2D eigenvalue weighted by atomic mass is 9.95. The van der Waals surface area contributed by atoms with Gasteiger partial charge >= 0.3 is 11.5 Å². The molecule has 0 aromatic carbocycles. The Morgan fingerprint density at radius 3 is 2.38 bits per heavy atom. The molecule has 0 aliphatic heterocycles. The van der Waals surface area contributed by atoms with Crippen LogP contribution in [-0.2, 0) is 4.79 Å². The molecule has 0 aromatic heterocycles. The zero-order valence-corrected chi connectivity index (χ0v) is 7.95. The van der Waals surface area contributed by atoms with E-state index in [-0.39, 0.29) is 6.42 Å². The van der Waals surface area contributed by atoms with Crippen molar-refractivity contribution in [3.8, 4) is 0 Å². The lowest BCUT2D eigenvalue weighted by molar-refractivity contribution is -0.551. The lowest BCUT2D eigenvalue weighted by Crippen LogP contribution is -2.43. The number of unbranched alkanes of at least 4 members (excludes halogenated alkanes) is 2. The predicted octanol–water partition coefficient (Wildman–Crippen LogP) is 1.69. The molecule has 0 rings (SSSR count). The summed E-state index contributed by atoms with van der Waals surface area (Å²) in [5.41, 5.74) is -1.81. The highest BCUT2D eigenvalue weighted by Gasteiger charge is 2.45. The first-order chi connectivity index (χ1) is 5.95. The molecule has 0 bridgehead atoms. The van der Waals surface area contributed by atoms with E-state index in [0.29, 0.717) is 6.42 Å². The quantitative estimate of drug-likeness (QED) is 0.391. The van der Waals surface area contributed by atoms with Crippen LogP contribution in [0, 0.1) is 10.1 Å². The second kappa shape index (κ2) is 4.79. The third-order valence-corrected chi connectivity index (χ3v) is 2.13. The van der Waals surface area contributed by atoms with Crippen LogP contribution in [0.5, 0.6) is 0 Å². The van der Waals surface area contributed by atoms with Crippen molar-refractivity contribution in [1.82, 2.24) is 0 Å². The van der Waals surface area contributed by atoms with E-state index in [4.69, 9.17) is 5.11 Å². The Kier molecular flexibility index (Phi) is 4.37. The molecule has 76 valence electrons. The minimum absolute atomic E-state index is 0.100. The first-order valence-corrected chi connectivity index (χ1v) is 4.33. The minimum atomic E-state index is -1.81. The summed E-state index contributed by atoms with van der Waals surface area (Å²) < 4.78 is 0. The molecule has 0 aliphatic carbocycles. The average molecular weight is 189 g/mol. The summed E-state index contributed by atoms with van der Waals surface area (Å²) in [5, 5.41) is 19.1. The van der Waals surface area contributed by atoms with Gasteiger partial charge in [-0.3, -0.25) is 10.1 Å². The van der Waals surface area contributed by atoms with Crippen LogP contribution < -0.4 is 0 Å². The van der Waals surface area contributed by atoms with Gasteiger partial charge in [0, 0.05) is 18.3 Å². The highest BCUT2D eigenvalue weighted by atomic mass is 16.6. The summed E-state index contributed by atoms with van der Waals surface area (Å²) >= 11 is 0. The molecule has 5 nitrogen and oxygen atoms in total. The van der Waals surface area contributed by atoms with Crippen molar-refractivity contribution < 1.29 is 14.8 Å². The highest BCUT2D eigenvalue weighted by molar-refractivity contribution is 5.76. The maximum atomic E-state index is 10.6. The first-order valence-electron chi connectivity index (χ1n) is 4.33. The van der Waals surface area contributed by atoms with Gasteiger partial charge in [-0.1, -0.05) is 19.8 Å². The van der Waals surface area contributed by atoms with Gasteiger partial charge in [-0.2, -0.15) is 0 Å². The molecule has 0 amide bonds. The lowest BCUT2D eigenvalue weighted by Gasteiger charge is -2.15. The highest BCUT2D eigenvalue weighted by Crippen LogP contribution is 2.18. The predicted molar refractivity (Wildman–Crippen MR) is 47.2 cm³/mol. The third-order valence-electron chi connectivity index (χ3n) is 2.13. The van der Waals surface area contributed by atoms with Gasteiger partial charge in [0.2, 0.25) is 0 Å². The maximum absolute atomic E-state index is 10.6. The molecule has 1 N–H and O–H groups in total. The van der Waals surface area contributed by atoms with Crippen molar-refractivity contribution in [2.45, 2.75) is 45.1 Å². The molecule has 1 atom stereocenters. The van der Waals surface area contributed by atoms with Crippen LogP contribution in [-0.4, -0.2) is 21.5 Å². The number of hydrogen-bond donors (Lipinski definition) is 1. The van der Waals surface area contributed by atoms with Gasteiger partial charge < -0.3 is 5.11 Å². The fourth-order valence-corrected chi connectivity index (χ4v) is 0.996. The monoisotopic (exact) mass is 189 g/mol. The number of hydrogen-bond acceptors (Lipinski definition) is 3. The van der Waals surface area contributed by atoms with E-state index in [0.717, 1.165) is 19.8 Å². The van der Waals surface area contributed by atoms with Crippen molar-refractivity contribution in [1.29, 1.82) is 0 Å². The van der Waals surface area contributed by atoms with Gasteiger partial charge in [-0.15, -0.1) is 0 Å². The molecule has 0 spiro atoms. The van der Waals surface area contributed by atoms with E-state index in [1.54, 1.807) is 0 Å². The standard InChI is InChI=1S/C8H15NO4/c1-3-4-5-6-8(2,7(10)11)9(12)13/h3-6H2,1-2H3,(H,10,11). The molecule has 0 saturated heterocycles. The van der Waals surface area contributed by atoms with E-state index in [9.17, 15) is 14.9 Å². The third kappa shape index (κ3) is 3.01. The van der Waals surface area contributed by atoms with E-state index in [2.05, 4.69) is 0 Å². The molecule has 13 heavy (non-hydrogen) atoms. The van der Waals surface area contributed by atoms with Crippen LogP contribution >= 0.6 is 0 Å². The molecule has 0 fully saturated rings. The van der Waals surface area contributed by atoms with E-state index in [1.807, 2.05) is 6.92 Å². The van der Waals surface area contributed by atoms with E-state index >= 15 is 0 Å². The molecule has 1 unspecified atom stereocenters. The average Bonchev–Trinajstić information content (AvgIpc) is 2.03. The Morgan fingerprint density at radius 1 is 1.54 bits per heavy atom. The summed E-state index contributed by atoms with van der Waals surface area (Å²) in [6, 6.07) is 0. The van der Waals surface area contributed by atoms with Gasteiger partial charge in [-0.25, -0.2) is 4.79 Å². The second-order valence-electron chi connectivity index (χ2n) is 3.29. The number of aliphatic carboxylic acids is 1. The zero-order chi connectivity index (χ0) is 10.5. The summed E-state index contributed by atoms with van der Waals surface area (Å²) in [7, 11) is 0. The molecule has 5 heteroatoms. The normalized spacial score (nSPS) is 14.9. The molecular weight excluding hydrogens is 174 g/mol. The maximum Gasteiger partial charge on any atom is 0.382 e. The Morgan fingerprint density at radius 2 is 2.08 bits per heavy atom. The van der Waals surface area contributed by atoms with Crippen molar-refractivity contribution in [2.24, 2.45) is 0 Å². The fourth-order valence-electron chi connectivity index (χ4n) is 0.996. The summed E-state index contributed by atoms with van der Waals surface area (Å²) in [4.78, 5) is 20.4. The van der Waals surface area contributed by atoms with Crippen LogP contribution in [0.25, 0.3) is 0 Å². The van der Waals surface area contributed by atoms with Crippen LogP contribution in [0.15, 0.2) is 0 Å². The van der Waals surface area contributed by atoms with Crippen LogP contribution in [0.3, 0.4) is 0 Å². The van der Waals surface area contributed by atoms with Crippen LogP contribution in [0.4, 0.5) is 0 Å². The van der Waals surface area contributed by atoms with E-state index < -0.39 is 16.4 Å². The van der Waals surface area contributed by atoms with Gasteiger partial charge in [0.05, 0.1) is 0 Å². The topological polar surface area (TPSA) is 80.4 Å². The molecule has 0 saturated carbocycles. The Hall–Kier alpha value is -1.13. The number of nitro groups is 1. The Bertz CT molecular complexity index is 188. The summed E-state index contributed by atoms with van der Waals surface area (Å²) in [6.45, 7) is 3.12. The van der Waals surface area contributed by atoms with Crippen molar-refractivity contribution in [2.75, 3.05) is 0 Å². The number of nitrogens with zero attached hydrogens (tertiary/aromatic N) is 1. The second-order valence-corrected chi connectivity index (χ2v) is 3.29. The summed E-state index contributed by atoms with van der Waals surface area (Å²) in [5.74, 6) is -1.35. The van der Waals surface area contributed by atoms with Gasteiger partial charge in [0.15, 0.2) is 0 Å². The zero-order valence-electron chi connectivity index (χ0n) is 7.95. The molecule has 0 aliphatic rings. The van der Waals surface area contributed by atoms with Crippen molar-refractivity contribution >= 4 is 5.97 Å². The number of carboxylic acid groups (broad SMARTS) is 1. The largest absolute Gasteiger partial charge is 0.476 e. The molecule has 0 heterocycles. The van der Waals surface area contributed by atoms with Crippen LogP contribution in [0.1, 0.15) is 39.5 Å². The molecular formula is C8H15NO4. The number of carboxylic acids is 1. The SMILES string of the molecule is CCCCCC(C)(C(=O)O)[N+](=O)[O-]. The smallest absolute Gasteiger partial charge is 0.382 e. The summed E-state index contributed by atoms with van der Waals surface area (Å²) in [6.07, 6.45) is 2.44. The number of carbonyl (C=O) groups is 1.